The van der Waals surface area contributed by atoms with E-state index in [1.54, 1.807) is 0 Å². The molecule has 1 aliphatic carbocycles. The number of tetrazole rings is 2. The molecule has 0 saturated heterocycles. The van der Waals surface area contributed by atoms with E-state index in [9.17, 15) is 0 Å². The summed E-state index contributed by atoms with van der Waals surface area (Å²) in [5, 5.41) is 36.9. The number of aromatic nitrogens is 10. The Morgan fingerprint density at radius 3 is 1.50 bits per heavy atom. The summed E-state index contributed by atoms with van der Waals surface area (Å²) in [6, 6.07) is 0. The summed E-state index contributed by atoms with van der Waals surface area (Å²) >= 11 is 0. The van der Waals surface area contributed by atoms with Crippen molar-refractivity contribution in [3.8, 4) is 23.0 Å². The molecule has 112 valence electrons. The molecule has 1 aliphatic rings. The third kappa shape index (κ3) is 2.22. The van der Waals surface area contributed by atoms with Crippen LogP contribution in [0.15, 0.2) is 0 Å². The van der Waals surface area contributed by atoms with Gasteiger partial charge in [-0.25, -0.2) is 0 Å². The van der Waals surface area contributed by atoms with E-state index in [1.165, 1.54) is 12.8 Å². The van der Waals surface area contributed by atoms with Crippen molar-refractivity contribution in [2.45, 2.75) is 38.5 Å². The Kier molecular flexibility index (Phi) is 3.26. The Morgan fingerprint density at radius 2 is 1.09 bits per heavy atom. The van der Waals surface area contributed by atoms with Crippen LogP contribution in [0, 0.1) is 0 Å². The molecule has 0 fully saturated rings. The van der Waals surface area contributed by atoms with Gasteiger partial charge in [0, 0.05) is 0 Å². The van der Waals surface area contributed by atoms with Crippen molar-refractivity contribution in [3.05, 3.63) is 11.1 Å². The number of rotatable bonds is 2. The van der Waals surface area contributed by atoms with Gasteiger partial charge < -0.3 is 0 Å². The molecule has 10 nitrogen and oxygen atoms in total. The molecule has 0 saturated carbocycles. The molecule has 3 heterocycles. The van der Waals surface area contributed by atoms with Crippen LogP contribution >= 0.6 is 0 Å². The fourth-order valence-electron chi connectivity index (χ4n) is 2.89. The predicted octanol–water partition coefficient (Wildman–Crippen LogP) is 0.496. The molecule has 0 radical (unpaired) electrons. The zero-order chi connectivity index (χ0) is 14.8. The second kappa shape index (κ2) is 5.54. The van der Waals surface area contributed by atoms with Gasteiger partial charge >= 0.3 is 0 Å². The molecule has 22 heavy (non-hydrogen) atoms. The van der Waals surface area contributed by atoms with E-state index < -0.39 is 0 Å². The van der Waals surface area contributed by atoms with Gasteiger partial charge in [-0.05, 0) is 47.2 Å². The second-order valence-electron chi connectivity index (χ2n) is 5.24. The molecule has 0 atom stereocenters. The van der Waals surface area contributed by atoms with Gasteiger partial charge in [0.25, 0.3) is 0 Å². The number of hydrogen-bond donors (Lipinski definition) is 2. The Bertz CT molecular complexity index is 683. The lowest BCUT2D eigenvalue weighted by Gasteiger charge is -2.16. The maximum Gasteiger partial charge on any atom is 0.225 e. The van der Waals surface area contributed by atoms with E-state index in [-0.39, 0.29) is 0 Å². The van der Waals surface area contributed by atoms with Gasteiger partial charge in [0.1, 0.15) is 11.4 Å². The van der Waals surface area contributed by atoms with Crippen LogP contribution in [-0.2, 0) is 12.8 Å². The van der Waals surface area contributed by atoms with Crippen molar-refractivity contribution in [2.24, 2.45) is 0 Å². The highest BCUT2D eigenvalue weighted by molar-refractivity contribution is 5.64. The van der Waals surface area contributed by atoms with Crippen LogP contribution in [0.2, 0.25) is 0 Å². The normalized spacial score (nSPS) is 15.1. The Labute approximate surface area is 125 Å². The largest absolute Gasteiger partial charge is 0.225 e. The molecular weight excluding hydrogens is 284 g/mol. The smallest absolute Gasteiger partial charge is 0.177 e. The van der Waals surface area contributed by atoms with Crippen LogP contribution in [0.5, 0.6) is 0 Å². The molecule has 0 aliphatic heterocycles. The first kappa shape index (κ1) is 12.9. The lowest BCUT2D eigenvalue weighted by atomic mass is 9.91. The number of fused-ring (bicyclic) bond motifs is 1. The predicted molar refractivity (Wildman–Crippen MR) is 74.3 cm³/mol. The fraction of sp³-hybridized carbons (Fsp3) is 0.500. The van der Waals surface area contributed by atoms with Crippen molar-refractivity contribution >= 4 is 0 Å². The summed E-state index contributed by atoms with van der Waals surface area (Å²) in [6.07, 6.45) is 6.47. The van der Waals surface area contributed by atoms with Gasteiger partial charge in [0.2, 0.25) is 11.6 Å². The van der Waals surface area contributed by atoms with Crippen molar-refractivity contribution in [3.63, 3.8) is 0 Å². The standard InChI is InChI=1S/C12H14N10/c1-2-4-6-8-7(5-3-1)9(11-15-19-20-16-11)13-14-10(8)12-17-21-22-18-12/h1-6H2,(H,15,16,19,20)(H,17,18,21,22). The monoisotopic (exact) mass is 298 g/mol. The maximum absolute atomic E-state index is 4.31. The van der Waals surface area contributed by atoms with Crippen molar-refractivity contribution in [2.75, 3.05) is 0 Å². The Balaban J connectivity index is 1.91. The molecule has 0 amide bonds. The number of nitrogens with zero attached hydrogens (tertiary/aromatic N) is 8. The summed E-state index contributed by atoms with van der Waals surface area (Å²) in [6.45, 7) is 0. The van der Waals surface area contributed by atoms with Gasteiger partial charge in [0.05, 0.1) is 0 Å². The number of nitrogens with one attached hydrogen (secondary N) is 2. The Hall–Kier alpha value is -2.78. The highest BCUT2D eigenvalue weighted by Crippen LogP contribution is 2.31. The number of aromatic amines is 2. The molecule has 10 heteroatoms. The molecule has 3 aromatic rings. The van der Waals surface area contributed by atoms with Crippen LogP contribution in [0.4, 0.5) is 0 Å². The molecule has 0 unspecified atom stereocenters. The van der Waals surface area contributed by atoms with Gasteiger partial charge in [-0.1, -0.05) is 12.8 Å². The summed E-state index contributed by atoms with van der Waals surface area (Å²) in [4.78, 5) is 0. The van der Waals surface area contributed by atoms with Crippen LogP contribution < -0.4 is 0 Å². The van der Waals surface area contributed by atoms with Gasteiger partial charge in [0.15, 0.2) is 0 Å². The topological polar surface area (TPSA) is 135 Å². The van der Waals surface area contributed by atoms with E-state index in [0.717, 1.165) is 36.8 Å². The minimum absolute atomic E-state index is 0.476. The Morgan fingerprint density at radius 1 is 0.591 bits per heavy atom. The molecule has 0 aromatic carbocycles. The van der Waals surface area contributed by atoms with Crippen molar-refractivity contribution in [1.29, 1.82) is 0 Å². The zero-order valence-electron chi connectivity index (χ0n) is 11.8. The van der Waals surface area contributed by atoms with Crippen molar-refractivity contribution < 1.29 is 0 Å². The quantitative estimate of drug-likeness (QED) is 0.698. The molecule has 4 rings (SSSR count). The van der Waals surface area contributed by atoms with E-state index >= 15 is 0 Å². The lowest BCUT2D eigenvalue weighted by Crippen LogP contribution is -2.09. The van der Waals surface area contributed by atoms with Crippen LogP contribution in [0.3, 0.4) is 0 Å². The third-order valence-corrected chi connectivity index (χ3v) is 3.90. The highest BCUT2D eigenvalue weighted by Gasteiger charge is 2.23. The molecule has 3 aromatic heterocycles. The summed E-state index contributed by atoms with van der Waals surface area (Å²) in [7, 11) is 0. The van der Waals surface area contributed by atoms with E-state index in [4.69, 9.17) is 0 Å². The van der Waals surface area contributed by atoms with Crippen LogP contribution in [-0.4, -0.2) is 51.4 Å². The molecule has 0 spiro atoms. The van der Waals surface area contributed by atoms with Gasteiger partial charge in [-0.3, -0.25) is 0 Å². The zero-order valence-corrected chi connectivity index (χ0v) is 11.8. The van der Waals surface area contributed by atoms with E-state index in [0.29, 0.717) is 23.0 Å². The first-order chi connectivity index (χ1) is 10.9. The lowest BCUT2D eigenvalue weighted by molar-refractivity contribution is 0.613. The van der Waals surface area contributed by atoms with Gasteiger partial charge in [-0.15, -0.1) is 30.6 Å². The summed E-state index contributed by atoms with van der Waals surface area (Å²) in [5.74, 6) is 0.952. The first-order valence-electron chi connectivity index (χ1n) is 7.29. The van der Waals surface area contributed by atoms with E-state index in [2.05, 4.69) is 51.4 Å². The van der Waals surface area contributed by atoms with Gasteiger partial charge in [-0.2, -0.15) is 10.4 Å². The number of hydrogen-bond acceptors (Lipinski definition) is 8. The van der Waals surface area contributed by atoms with Crippen LogP contribution in [0.25, 0.3) is 23.0 Å². The maximum atomic E-state index is 4.31. The third-order valence-electron chi connectivity index (χ3n) is 3.90. The summed E-state index contributed by atoms with van der Waals surface area (Å²) < 4.78 is 0. The minimum atomic E-state index is 0.476. The minimum Gasteiger partial charge on any atom is -0.177 e. The molecular formula is C12H14N10. The van der Waals surface area contributed by atoms with Crippen LogP contribution in [0.1, 0.15) is 36.8 Å². The van der Waals surface area contributed by atoms with E-state index in [1.807, 2.05) is 0 Å². The average molecular weight is 298 g/mol. The summed E-state index contributed by atoms with van der Waals surface area (Å²) in [5.41, 5.74) is 3.63. The first-order valence-corrected chi connectivity index (χ1v) is 7.29. The average Bonchev–Trinajstić information content (AvgIpc) is 3.20. The second-order valence-corrected chi connectivity index (χ2v) is 5.24. The highest BCUT2D eigenvalue weighted by atomic mass is 15.5. The molecule has 0 bridgehead atoms. The number of H-pyrrole nitrogens is 2. The fourth-order valence-corrected chi connectivity index (χ4v) is 2.89. The molecule has 2 N–H and O–H groups in total. The van der Waals surface area contributed by atoms with Crippen molar-refractivity contribution in [1.82, 2.24) is 51.4 Å². The SMILES string of the molecule is C1CCCc2c(-c3nn[nH]n3)nnc(-c3nn[nH]n3)c2CC1.